The van der Waals surface area contributed by atoms with Gasteiger partial charge in [-0.3, -0.25) is 19.0 Å². The first-order chi connectivity index (χ1) is 20.1. The molecule has 2 aromatic carbocycles. The molecule has 218 valence electrons. The van der Waals surface area contributed by atoms with E-state index < -0.39 is 24.0 Å². The number of benzene rings is 2. The molecule has 0 saturated carbocycles. The lowest BCUT2D eigenvalue weighted by molar-refractivity contribution is -0.135. The Morgan fingerprint density at radius 3 is 2.36 bits per heavy atom. The summed E-state index contributed by atoms with van der Waals surface area (Å²) in [6.45, 7) is 4.99. The van der Waals surface area contributed by atoms with Crippen LogP contribution in [-0.4, -0.2) is 74.1 Å². The molecule has 0 bridgehead atoms. The summed E-state index contributed by atoms with van der Waals surface area (Å²) in [6, 6.07) is 14.1. The quantitative estimate of drug-likeness (QED) is 0.229. The van der Waals surface area contributed by atoms with Crippen molar-refractivity contribution in [2.24, 2.45) is 5.73 Å². The molecule has 0 radical (unpaired) electrons. The Kier molecular flexibility index (Phi) is 8.10. The van der Waals surface area contributed by atoms with Crippen molar-refractivity contribution < 1.29 is 19.5 Å². The van der Waals surface area contributed by atoms with Gasteiger partial charge in [-0.25, -0.2) is 15.0 Å². The third-order valence-corrected chi connectivity index (χ3v) is 7.74. The van der Waals surface area contributed by atoms with Gasteiger partial charge in [-0.15, -0.1) is 0 Å². The van der Waals surface area contributed by atoms with Crippen molar-refractivity contribution in [3.63, 3.8) is 0 Å². The fraction of sp³-hybridized carbons (Fsp3) is 0.310. The normalized spacial score (nSPS) is 14.6. The number of primary amides is 1. The Bertz CT molecular complexity index is 1660. The Morgan fingerprint density at radius 2 is 1.74 bits per heavy atom. The second-order valence-corrected chi connectivity index (χ2v) is 10.5. The predicted octanol–water partition coefficient (Wildman–Crippen LogP) is 2.69. The van der Waals surface area contributed by atoms with Crippen molar-refractivity contribution in [1.82, 2.24) is 30.2 Å². The van der Waals surface area contributed by atoms with Gasteiger partial charge in [-0.1, -0.05) is 30.7 Å². The Hall–Kier alpha value is -4.55. The molecular formula is C29H31ClN8O4. The highest BCUT2D eigenvalue weighted by Crippen LogP contribution is 2.36. The van der Waals surface area contributed by atoms with E-state index in [1.807, 2.05) is 36.6 Å². The van der Waals surface area contributed by atoms with E-state index in [1.165, 1.54) is 0 Å². The number of carbonyl (C=O) groups excluding carboxylic acids is 2. The molecule has 42 heavy (non-hydrogen) atoms. The highest BCUT2D eigenvalue weighted by atomic mass is 35.5. The number of imidazole rings is 1. The molecule has 0 unspecified atom stereocenters. The molecule has 0 atom stereocenters. The number of nitrogens with zero attached hydrogens (tertiary/aromatic N) is 5. The van der Waals surface area contributed by atoms with E-state index >= 15 is 0 Å². The van der Waals surface area contributed by atoms with Gasteiger partial charge < -0.3 is 26.4 Å². The number of aryl methyl sites for hydroxylation is 1. The number of hydrogen-bond acceptors (Lipinski definition) is 8. The Morgan fingerprint density at radius 1 is 1.05 bits per heavy atom. The highest BCUT2D eigenvalue weighted by molar-refractivity contribution is 6.33. The van der Waals surface area contributed by atoms with Crippen LogP contribution < -0.4 is 21.3 Å². The maximum Gasteiger partial charge on any atom is 0.322 e. The number of anilines is 1. The first kappa shape index (κ1) is 29.0. The third-order valence-electron chi connectivity index (χ3n) is 7.41. The van der Waals surface area contributed by atoms with Gasteiger partial charge in [0.05, 0.1) is 5.02 Å². The number of hydrogen-bond donors (Lipinski definition) is 4. The van der Waals surface area contributed by atoms with Gasteiger partial charge in [0.15, 0.2) is 17.0 Å². The number of aliphatic carboxylic acids is 1. The van der Waals surface area contributed by atoms with Crippen LogP contribution in [0.1, 0.15) is 35.9 Å². The second-order valence-electron chi connectivity index (χ2n) is 10.1. The first-order valence-corrected chi connectivity index (χ1v) is 13.9. The topological polar surface area (TPSA) is 168 Å². The summed E-state index contributed by atoms with van der Waals surface area (Å²) < 4.78 is 1.87. The van der Waals surface area contributed by atoms with E-state index in [-0.39, 0.29) is 5.91 Å². The fourth-order valence-electron chi connectivity index (χ4n) is 5.31. The van der Waals surface area contributed by atoms with Gasteiger partial charge in [-0.05, 0) is 62.7 Å². The summed E-state index contributed by atoms with van der Waals surface area (Å²) in [7, 11) is 0. The molecule has 5 N–H and O–H groups in total. The van der Waals surface area contributed by atoms with Crippen molar-refractivity contribution in [2.45, 2.75) is 32.2 Å². The van der Waals surface area contributed by atoms with E-state index in [4.69, 9.17) is 37.4 Å². The lowest BCUT2D eigenvalue weighted by Gasteiger charge is -2.40. The average molecular weight is 591 g/mol. The number of halogens is 1. The molecule has 0 aliphatic carbocycles. The summed E-state index contributed by atoms with van der Waals surface area (Å²) in [5.41, 5.74) is 7.79. The van der Waals surface area contributed by atoms with Gasteiger partial charge in [0.2, 0.25) is 5.91 Å². The summed E-state index contributed by atoms with van der Waals surface area (Å²) in [5.74, 6) is -0.276. The maximum absolute atomic E-state index is 12.4. The van der Waals surface area contributed by atoms with E-state index in [1.54, 1.807) is 30.3 Å². The zero-order valence-electron chi connectivity index (χ0n) is 23.2. The molecule has 0 spiro atoms. The minimum absolute atomic E-state index is 0.308. The zero-order chi connectivity index (χ0) is 30.0. The third kappa shape index (κ3) is 5.50. The number of nitrogens with one attached hydrogen (secondary N) is 2. The lowest BCUT2D eigenvalue weighted by Crippen LogP contribution is -2.61. The van der Waals surface area contributed by atoms with Crippen LogP contribution in [0.25, 0.3) is 28.2 Å². The minimum atomic E-state index is -1.13. The summed E-state index contributed by atoms with van der Waals surface area (Å²) in [4.78, 5) is 52.2. The number of aromatic nitrogens is 4. The molecule has 1 saturated heterocycles. The molecule has 1 aliphatic rings. The number of fused-ring (bicyclic) bond motifs is 1. The van der Waals surface area contributed by atoms with Gasteiger partial charge in [0, 0.05) is 29.9 Å². The number of carboxylic acid groups (broad SMARTS) is 1. The molecule has 1 aliphatic heterocycles. The van der Waals surface area contributed by atoms with Crippen molar-refractivity contribution in [2.75, 3.05) is 31.1 Å². The van der Waals surface area contributed by atoms with Crippen LogP contribution in [0.2, 0.25) is 5.02 Å². The Labute approximate surface area is 246 Å². The molecule has 13 heteroatoms. The smallest absolute Gasteiger partial charge is 0.322 e. The summed E-state index contributed by atoms with van der Waals surface area (Å²) in [5, 5.41) is 15.0. The van der Waals surface area contributed by atoms with E-state index in [0.29, 0.717) is 82.9 Å². The van der Waals surface area contributed by atoms with E-state index in [2.05, 4.69) is 15.5 Å². The number of carbonyl (C=O) groups is 3. The summed E-state index contributed by atoms with van der Waals surface area (Å²) in [6.07, 6.45) is 1.04. The van der Waals surface area contributed by atoms with Crippen LogP contribution in [0.4, 0.5) is 5.82 Å². The molecular weight excluding hydrogens is 560 g/mol. The molecule has 12 nitrogen and oxygen atoms in total. The van der Waals surface area contributed by atoms with Crippen molar-refractivity contribution in [3.8, 4) is 17.1 Å². The number of likely N-dealkylation sites (N-methyl/N-ethyl adjacent to an activating group) is 1. The van der Waals surface area contributed by atoms with Crippen LogP contribution >= 0.6 is 11.6 Å². The molecule has 3 heterocycles. The van der Waals surface area contributed by atoms with Crippen molar-refractivity contribution in [3.05, 3.63) is 64.9 Å². The van der Waals surface area contributed by atoms with Gasteiger partial charge in [0.1, 0.15) is 23.7 Å². The standard InChI is InChI=1S/C29H31ClN8O4/c1-3-33-29(28(31)42)12-14-37(15-13-29)25-23-26(35-17(2)34-25)38(24(36-23)20-6-4-5-7-21(20)30)19-10-8-18(9-11-19)27(41)32-16-22(39)40/h4-11,33H,3,12-16H2,1-2H3,(H2,31,42)(H,32,41)(H,39,40). The van der Waals surface area contributed by atoms with Crippen LogP contribution in [-0.2, 0) is 9.59 Å². The Balaban J connectivity index is 1.61. The lowest BCUT2D eigenvalue weighted by atomic mass is 9.86. The van der Waals surface area contributed by atoms with E-state index in [0.717, 1.165) is 0 Å². The molecule has 5 rings (SSSR count). The largest absolute Gasteiger partial charge is 0.480 e. The second kappa shape index (κ2) is 11.7. The molecule has 1 fully saturated rings. The maximum atomic E-state index is 12.4. The number of nitrogens with two attached hydrogens (primary N) is 1. The van der Waals surface area contributed by atoms with Crippen LogP contribution in [0, 0.1) is 6.92 Å². The van der Waals surface area contributed by atoms with Crippen LogP contribution in [0.5, 0.6) is 0 Å². The summed E-state index contributed by atoms with van der Waals surface area (Å²) >= 11 is 6.63. The van der Waals surface area contributed by atoms with E-state index in [9.17, 15) is 14.4 Å². The monoisotopic (exact) mass is 590 g/mol. The SMILES string of the molecule is CCNC1(C(N)=O)CCN(c2nc(C)nc3c2nc(-c2ccccc2Cl)n3-c2ccc(C(=O)NCC(=O)O)cc2)CC1. The average Bonchev–Trinajstić information content (AvgIpc) is 3.35. The fourth-order valence-corrected chi connectivity index (χ4v) is 5.53. The number of amides is 2. The predicted molar refractivity (Wildman–Crippen MR) is 159 cm³/mol. The number of rotatable bonds is 9. The van der Waals surface area contributed by atoms with Gasteiger partial charge >= 0.3 is 5.97 Å². The minimum Gasteiger partial charge on any atom is -0.480 e. The number of piperidine rings is 1. The first-order valence-electron chi connectivity index (χ1n) is 13.6. The number of carboxylic acids is 1. The zero-order valence-corrected chi connectivity index (χ0v) is 24.0. The molecule has 2 amide bonds. The van der Waals surface area contributed by atoms with Gasteiger partial charge in [-0.2, -0.15) is 0 Å². The van der Waals surface area contributed by atoms with Crippen molar-refractivity contribution >= 4 is 46.4 Å². The van der Waals surface area contributed by atoms with Gasteiger partial charge in [0.25, 0.3) is 5.91 Å². The highest BCUT2D eigenvalue weighted by Gasteiger charge is 2.40. The van der Waals surface area contributed by atoms with Crippen LogP contribution in [0.3, 0.4) is 0 Å². The van der Waals surface area contributed by atoms with Crippen molar-refractivity contribution in [1.29, 1.82) is 0 Å². The van der Waals surface area contributed by atoms with Crippen LogP contribution in [0.15, 0.2) is 48.5 Å². The molecule has 2 aromatic heterocycles. The molecule has 4 aromatic rings.